The van der Waals surface area contributed by atoms with E-state index in [0.29, 0.717) is 0 Å². The Morgan fingerprint density at radius 1 is 1.19 bits per heavy atom. The first-order chi connectivity index (χ1) is 13.1. The molecule has 0 aliphatic rings. The van der Waals surface area contributed by atoms with Crippen LogP contribution in [0.15, 0.2) is 53.5 Å². The van der Waals surface area contributed by atoms with Crippen molar-refractivity contribution < 1.29 is 0 Å². The van der Waals surface area contributed by atoms with E-state index in [4.69, 9.17) is 9.97 Å². The zero-order chi connectivity index (χ0) is 18.8. The van der Waals surface area contributed by atoms with Crippen LogP contribution in [0.1, 0.15) is 11.6 Å². The smallest absolute Gasteiger partial charge is 0.162 e. The van der Waals surface area contributed by atoms with Crippen LogP contribution in [-0.4, -0.2) is 45.3 Å². The fraction of sp³-hybridized carbons (Fsp3) is 0.250. The zero-order valence-corrected chi connectivity index (χ0v) is 16.4. The Bertz CT molecular complexity index is 1040. The quantitative estimate of drug-likeness (QED) is 0.553. The second-order valence-electron chi connectivity index (χ2n) is 6.73. The normalized spacial score (nSPS) is 12.6. The molecule has 27 heavy (non-hydrogen) atoms. The topological polar surface area (TPSA) is 58.9 Å². The summed E-state index contributed by atoms with van der Waals surface area (Å²) in [6.45, 7) is 0.725. The van der Waals surface area contributed by atoms with Crippen molar-refractivity contribution in [2.45, 2.75) is 6.04 Å². The van der Waals surface area contributed by atoms with Crippen molar-refractivity contribution in [2.75, 3.05) is 26.0 Å². The number of nitrogens with one attached hydrogen (secondary N) is 1. The molecule has 0 amide bonds. The van der Waals surface area contributed by atoms with Crippen LogP contribution >= 0.6 is 11.3 Å². The molecule has 4 aromatic rings. The van der Waals surface area contributed by atoms with E-state index in [1.807, 2.05) is 41.5 Å². The number of hydrogen-bond donors (Lipinski definition) is 1. The van der Waals surface area contributed by atoms with Gasteiger partial charge in [0.15, 0.2) is 5.82 Å². The van der Waals surface area contributed by atoms with Gasteiger partial charge in [-0.3, -0.25) is 4.68 Å². The number of rotatable bonds is 6. The molecule has 0 saturated heterocycles. The number of likely N-dealkylation sites (N-methyl/N-ethyl adjacent to an activating group) is 1. The highest BCUT2D eigenvalue weighted by Gasteiger charge is 2.17. The van der Waals surface area contributed by atoms with Crippen LogP contribution in [0.5, 0.6) is 0 Å². The Balaban J connectivity index is 1.68. The van der Waals surface area contributed by atoms with Gasteiger partial charge in [-0.25, -0.2) is 9.97 Å². The van der Waals surface area contributed by atoms with Crippen LogP contribution in [0.4, 0.5) is 5.82 Å². The summed E-state index contributed by atoms with van der Waals surface area (Å²) in [5.41, 5.74) is 3.16. The second kappa shape index (κ2) is 7.46. The standard InChI is InChI=1S/C20H22N6S/c1-25(2)18(15-10-22-26(3)12-15)11-21-20-16-6-4-5-7-17(16)23-19(24-20)14-8-9-27-13-14/h4-10,12-13,18H,11H2,1-3H3,(H,21,23,24). The van der Waals surface area contributed by atoms with Gasteiger partial charge in [-0.05, 0) is 37.7 Å². The third-order valence-corrected chi connectivity index (χ3v) is 5.26. The Morgan fingerprint density at radius 2 is 2.04 bits per heavy atom. The maximum Gasteiger partial charge on any atom is 0.162 e. The zero-order valence-electron chi connectivity index (χ0n) is 15.6. The number of aryl methyl sites for hydroxylation is 1. The van der Waals surface area contributed by atoms with Crippen LogP contribution in [-0.2, 0) is 7.05 Å². The Hall–Kier alpha value is -2.77. The van der Waals surface area contributed by atoms with E-state index in [-0.39, 0.29) is 6.04 Å². The van der Waals surface area contributed by atoms with Gasteiger partial charge in [0.05, 0.1) is 17.8 Å². The minimum Gasteiger partial charge on any atom is -0.368 e. The van der Waals surface area contributed by atoms with Crippen molar-refractivity contribution >= 4 is 28.1 Å². The molecular weight excluding hydrogens is 356 g/mol. The molecule has 138 valence electrons. The van der Waals surface area contributed by atoms with Crippen LogP contribution in [0.3, 0.4) is 0 Å². The van der Waals surface area contributed by atoms with Gasteiger partial charge in [-0.15, -0.1) is 0 Å². The van der Waals surface area contributed by atoms with E-state index >= 15 is 0 Å². The summed E-state index contributed by atoms with van der Waals surface area (Å²) in [5.74, 6) is 1.61. The number of fused-ring (bicyclic) bond motifs is 1. The maximum atomic E-state index is 4.82. The van der Waals surface area contributed by atoms with E-state index in [9.17, 15) is 0 Å². The highest BCUT2D eigenvalue weighted by molar-refractivity contribution is 7.08. The molecule has 0 spiro atoms. The first kappa shape index (κ1) is 17.6. The van der Waals surface area contributed by atoms with Crippen molar-refractivity contribution in [1.29, 1.82) is 0 Å². The Morgan fingerprint density at radius 3 is 2.74 bits per heavy atom. The highest BCUT2D eigenvalue weighted by atomic mass is 32.1. The van der Waals surface area contributed by atoms with Gasteiger partial charge >= 0.3 is 0 Å². The minimum atomic E-state index is 0.192. The van der Waals surface area contributed by atoms with Crippen LogP contribution < -0.4 is 5.32 Å². The molecule has 0 bridgehead atoms. The van der Waals surface area contributed by atoms with Crippen LogP contribution in [0, 0.1) is 0 Å². The third kappa shape index (κ3) is 3.70. The van der Waals surface area contributed by atoms with Gasteiger partial charge < -0.3 is 10.2 Å². The lowest BCUT2D eigenvalue weighted by Crippen LogP contribution is -2.27. The van der Waals surface area contributed by atoms with Gasteiger partial charge in [-0.1, -0.05) is 12.1 Å². The maximum absolute atomic E-state index is 4.82. The summed E-state index contributed by atoms with van der Waals surface area (Å²) < 4.78 is 1.83. The third-order valence-electron chi connectivity index (χ3n) is 4.58. The van der Waals surface area contributed by atoms with Crippen molar-refractivity contribution in [1.82, 2.24) is 24.6 Å². The predicted molar refractivity (Wildman–Crippen MR) is 111 cm³/mol. The summed E-state index contributed by atoms with van der Waals surface area (Å²) in [6.07, 6.45) is 3.97. The van der Waals surface area contributed by atoms with Crippen molar-refractivity contribution in [3.05, 3.63) is 59.0 Å². The monoisotopic (exact) mass is 378 g/mol. The molecule has 3 heterocycles. The fourth-order valence-electron chi connectivity index (χ4n) is 3.14. The van der Waals surface area contributed by atoms with E-state index in [2.05, 4.69) is 53.1 Å². The van der Waals surface area contributed by atoms with Crippen molar-refractivity contribution in [3.63, 3.8) is 0 Å². The fourth-order valence-corrected chi connectivity index (χ4v) is 3.77. The molecule has 0 aliphatic carbocycles. The SMILES string of the molecule is CN(C)C(CNc1nc(-c2ccsc2)nc2ccccc12)c1cnn(C)c1. The molecule has 7 heteroatoms. The lowest BCUT2D eigenvalue weighted by Gasteiger charge is -2.24. The molecule has 4 rings (SSSR count). The van der Waals surface area contributed by atoms with Crippen LogP contribution in [0.25, 0.3) is 22.3 Å². The molecule has 0 aliphatic heterocycles. The summed E-state index contributed by atoms with van der Waals surface area (Å²) in [5, 5.41) is 13.0. The molecule has 0 fully saturated rings. The molecule has 1 aromatic carbocycles. The van der Waals surface area contributed by atoms with E-state index in [1.54, 1.807) is 11.3 Å². The number of aromatic nitrogens is 4. The number of nitrogens with zero attached hydrogens (tertiary/aromatic N) is 5. The average molecular weight is 379 g/mol. The van der Waals surface area contributed by atoms with E-state index < -0.39 is 0 Å². The summed E-state index contributed by atoms with van der Waals surface area (Å²) in [7, 11) is 6.09. The van der Waals surface area contributed by atoms with E-state index in [0.717, 1.165) is 34.7 Å². The molecular formula is C20H22N6S. The van der Waals surface area contributed by atoms with Crippen molar-refractivity contribution in [3.8, 4) is 11.4 Å². The van der Waals surface area contributed by atoms with Crippen LogP contribution in [0.2, 0.25) is 0 Å². The molecule has 0 radical (unpaired) electrons. The minimum absolute atomic E-state index is 0.192. The lowest BCUT2D eigenvalue weighted by atomic mass is 10.1. The first-order valence-corrected chi connectivity index (χ1v) is 9.74. The predicted octanol–water partition coefficient (Wildman–Crippen LogP) is 3.81. The van der Waals surface area contributed by atoms with Gasteiger partial charge in [0.2, 0.25) is 0 Å². The number of anilines is 1. The van der Waals surface area contributed by atoms with Gasteiger partial charge in [0.25, 0.3) is 0 Å². The number of hydrogen-bond acceptors (Lipinski definition) is 6. The lowest BCUT2D eigenvalue weighted by molar-refractivity contribution is 0.311. The first-order valence-electron chi connectivity index (χ1n) is 8.80. The summed E-state index contributed by atoms with van der Waals surface area (Å²) >= 11 is 1.65. The summed E-state index contributed by atoms with van der Waals surface area (Å²) in [6, 6.07) is 10.4. The van der Waals surface area contributed by atoms with Gasteiger partial charge in [0, 0.05) is 41.7 Å². The molecule has 3 aromatic heterocycles. The molecule has 0 saturated carbocycles. The van der Waals surface area contributed by atoms with Gasteiger partial charge in [0.1, 0.15) is 5.82 Å². The molecule has 1 atom stereocenters. The number of para-hydroxylation sites is 1. The number of thiophene rings is 1. The second-order valence-corrected chi connectivity index (χ2v) is 7.51. The summed E-state index contributed by atoms with van der Waals surface area (Å²) in [4.78, 5) is 11.7. The van der Waals surface area contributed by atoms with E-state index in [1.165, 1.54) is 5.56 Å². The Kier molecular flexibility index (Phi) is 4.87. The Labute approximate surface area is 162 Å². The molecule has 1 N–H and O–H groups in total. The van der Waals surface area contributed by atoms with Crippen molar-refractivity contribution in [2.24, 2.45) is 7.05 Å². The molecule has 1 unspecified atom stereocenters. The largest absolute Gasteiger partial charge is 0.368 e. The number of benzene rings is 1. The van der Waals surface area contributed by atoms with Gasteiger partial charge in [-0.2, -0.15) is 16.4 Å². The molecule has 6 nitrogen and oxygen atoms in total. The highest BCUT2D eigenvalue weighted by Crippen LogP contribution is 2.27. The average Bonchev–Trinajstić information content (AvgIpc) is 3.33.